The van der Waals surface area contributed by atoms with Crippen LogP contribution in [0.4, 0.5) is 0 Å². The highest BCUT2D eigenvalue weighted by Crippen LogP contribution is 2.20. The fourth-order valence-corrected chi connectivity index (χ4v) is 3.08. The van der Waals surface area contributed by atoms with Gasteiger partial charge in [-0.25, -0.2) is 0 Å². The number of hydrogen-bond acceptors (Lipinski definition) is 3. The lowest BCUT2D eigenvalue weighted by Crippen LogP contribution is -2.13. The summed E-state index contributed by atoms with van der Waals surface area (Å²) in [6, 6.07) is 21.9. The zero-order valence-electron chi connectivity index (χ0n) is 12.1. The number of benzene rings is 2. The third-order valence-electron chi connectivity index (χ3n) is 3.26. The van der Waals surface area contributed by atoms with Crippen molar-refractivity contribution in [2.24, 2.45) is 0 Å². The summed E-state index contributed by atoms with van der Waals surface area (Å²) in [5, 5.41) is 0.750. The summed E-state index contributed by atoms with van der Waals surface area (Å²) >= 11 is 1.59. The van der Waals surface area contributed by atoms with E-state index in [1.807, 2.05) is 47.2 Å². The zero-order valence-corrected chi connectivity index (χ0v) is 12.9. The molecular formula is C18H16N2OS. The maximum atomic E-state index is 11.6. The van der Waals surface area contributed by atoms with E-state index in [2.05, 4.69) is 29.2 Å². The van der Waals surface area contributed by atoms with E-state index in [4.69, 9.17) is 0 Å². The SMILES string of the molecule is O=c1ccn(Cc2ccccc2)c(SCc2ccccc2)n1. The molecule has 1 aromatic heterocycles. The summed E-state index contributed by atoms with van der Waals surface area (Å²) in [5.74, 6) is 0.798. The molecule has 3 nitrogen and oxygen atoms in total. The van der Waals surface area contributed by atoms with Gasteiger partial charge in [-0.05, 0) is 11.1 Å². The van der Waals surface area contributed by atoms with Crippen LogP contribution in [0.15, 0.2) is 82.9 Å². The van der Waals surface area contributed by atoms with Gasteiger partial charge >= 0.3 is 0 Å². The van der Waals surface area contributed by atoms with E-state index in [0.717, 1.165) is 10.9 Å². The van der Waals surface area contributed by atoms with E-state index in [0.29, 0.717) is 6.54 Å². The maximum Gasteiger partial charge on any atom is 0.273 e. The standard InChI is InChI=1S/C18H16N2OS/c21-17-11-12-20(13-15-7-3-1-4-8-15)18(19-17)22-14-16-9-5-2-6-10-16/h1-12H,13-14H2. The lowest BCUT2D eigenvalue weighted by Gasteiger charge is -2.11. The van der Waals surface area contributed by atoms with Crippen molar-refractivity contribution in [2.75, 3.05) is 0 Å². The monoisotopic (exact) mass is 308 g/mol. The minimum absolute atomic E-state index is 0.195. The van der Waals surface area contributed by atoms with Crippen molar-refractivity contribution in [1.29, 1.82) is 0 Å². The van der Waals surface area contributed by atoms with Crippen LogP contribution in [0.25, 0.3) is 0 Å². The molecule has 3 aromatic rings. The molecule has 0 saturated heterocycles. The molecule has 0 spiro atoms. The molecule has 3 rings (SSSR count). The Bertz CT molecular complexity index is 785. The zero-order chi connectivity index (χ0) is 15.2. The molecular weight excluding hydrogens is 292 g/mol. The third kappa shape index (κ3) is 3.86. The van der Waals surface area contributed by atoms with Crippen molar-refractivity contribution >= 4 is 11.8 Å². The highest BCUT2D eigenvalue weighted by Gasteiger charge is 2.05. The van der Waals surface area contributed by atoms with Crippen LogP contribution in [0.5, 0.6) is 0 Å². The molecule has 0 saturated carbocycles. The Kier molecular flexibility index (Phi) is 4.71. The Morgan fingerprint density at radius 3 is 2.18 bits per heavy atom. The lowest BCUT2D eigenvalue weighted by molar-refractivity contribution is 0.663. The van der Waals surface area contributed by atoms with E-state index in [-0.39, 0.29) is 5.56 Å². The number of rotatable bonds is 5. The Labute approximate surface area is 133 Å². The Morgan fingerprint density at radius 1 is 0.864 bits per heavy atom. The molecule has 4 heteroatoms. The van der Waals surface area contributed by atoms with Crippen molar-refractivity contribution < 1.29 is 0 Å². The van der Waals surface area contributed by atoms with Gasteiger partial charge in [0.2, 0.25) is 0 Å². The second-order valence-corrected chi connectivity index (χ2v) is 5.88. The summed E-state index contributed by atoms with van der Waals surface area (Å²) in [7, 11) is 0. The van der Waals surface area contributed by atoms with Crippen LogP contribution in [-0.2, 0) is 12.3 Å². The molecule has 0 unspecified atom stereocenters. The first-order chi connectivity index (χ1) is 10.8. The van der Waals surface area contributed by atoms with Gasteiger partial charge in [0.15, 0.2) is 5.16 Å². The molecule has 22 heavy (non-hydrogen) atoms. The molecule has 110 valence electrons. The van der Waals surface area contributed by atoms with E-state index in [1.165, 1.54) is 17.2 Å². The van der Waals surface area contributed by atoms with Crippen LogP contribution >= 0.6 is 11.8 Å². The quantitative estimate of drug-likeness (QED) is 0.534. The summed E-state index contributed by atoms with van der Waals surface area (Å²) < 4.78 is 2.02. The molecule has 0 aliphatic heterocycles. The predicted molar refractivity (Wildman–Crippen MR) is 90.0 cm³/mol. The predicted octanol–water partition coefficient (Wildman–Crippen LogP) is 3.58. The number of thioether (sulfide) groups is 1. The van der Waals surface area contributed by atoms with Gasteiger partial charge < -0.3 is 4.57 Å². The molecule has 0 aliphatic carbocycles. The normalized spacial score (nSPS) is 10.5. The molecule has 0 bridgehead atoms. The number of hydrogen-bond donors (Lipinski definition) is 0. The van der Waals surface area contributed by atoms with Gasteiger partial charge in [0, 0.05) is 24.6 Å². The number of nitrogens with zero attached hydrogens (tertiary/aromatic N) is 2. The smallest absolute Gasteiger partial charge is 0.273 e. The summed E-state index contributed by atoms with van der Waals surface area (Å²) in [6.45, 7) is 0.714. The van der Waals surface area contributed by atoms with Gasteiger partial charge in [0.1, 0.15) is 0 Å². The summed E-state index contributed by atoms with van der Waals surface area (Å²) in [6.07, 6.45) is 1.82. The second kappa shape index (κ2) is 7.09. The molecule has 0 fully saturated rings. The van der Waals surface area contributed by atoms with Gasteiger partial charge in [-0.2, -0.15) is 4.98 Å². The van der Waals surface area contributed by atoms with Crippen molar-refractivity contribution in [3.63, 3.8) is 0 Å². The van der Waals surface area contributed by atoms with Crippen molar-refractivity contribution in [3.05, 3.63) is 94.4 Å². The Hall–Kier alpha value is -2.33. The van der Waals surface area contributed by atoms with Crippen molar-refractivity contribution in [2.45, 2.75) is 17.5 Å². The highest BCUT2D eigenvalue weighted by atomic mass is 32.2. The van der Waals surface area contributed by atoms with Crippen molar-refractivity contribution in [3.8, 4) is 0 Å². The summed E-state index contributed by atoms with van der Waals surface area (Å²) in [5.41, 5.74) is 2.21. The topological polar surface area (TPSA) is 34.9 Å². The average Bonchev–Trinajstić information content (AvgIpc) is 2.57. The first-order valence-corrected chi connectivity index (χ1v) is 8.08. The molecule has 0 amide bonds. The van der Waals surface area contributed by atoms with Gasteiger partial charge in [-0.15, -0.1) is 0 Å². The number of aromatic nitrogens is 2. The molecule has 0 radical (unpaired) electrons. The van der Waals surface area contributed by atoms with E-state index < -0.39 is 0 Å². The molecule has 0 atom stereocenters. The second-order valence-electron chi connectivity index (χ2n) is 4.94. The third-order valence-corrected chi connectivity index (χ3v) is 4.32. The van der Waals surface area contributed by atoms with Crippen LogP contribution in [0.3, 0.4) is 0 Å². The van der Waals surface area contributed by atoms with E-state index in [9.17, 15) is 4.79 Å². The first kappa shape index (κ1) is 14.6. The molecule has 0 N–H and O–H groups in total. The van der Waals surface area contributed by atoms with Crippen LogP contribution in [-0.4, -0.2) is 9.55 Å². The van der Waals surface area contributed by atoms with E-state index >= 15 is 0 Å². The average molecular weight is 308 g/mol. The largest absolute Gasteiger partial charge is 0.323 e. The Morgan fingerprint density at radius 2 is 1.50 bits per heavy atom. The fraction of sp³-hybridized carbons (Fsp3) is 0.111. The van der Waals surface area contributed by atoms with Crippen molar-refractivity contribution in [1.82, 2.24) is 9.55 Å². The van der Waals surface area contributed by atoms with Crippen LogP contribution in [0.1, 0.15) is 11.1 Å². The first-order valence-electron chi connectivity index (χ1n) is 7.09. The van der Waals surface area contributed by atoms with E-state index in [1.54, 1.807) is 11.8 Å². The van der Waals surface area contributed by atoms with Crippen LogP contribution in [0, 0.1) is 0 Å². The molecule has 0 aliphatic rings. The maximum absolute atomic E-state index is 11.6. The van der Waals surface area contributed by atoms with Gasteiger partial charge in [0.05, 0.1) is 0 Å². The highest BCUT2D eigenvalue weighted by molar-refractivity contribution is 7.98. The van der Waals surface area contributed by atoms with Gasteiger partial charge in [-0.3, -0.25) is 4.79 Å². The minimum Gasteiger partial charge on any atom is -0.323 e. The van der Waals surface area contributed by atoms with Gasteiger partial charge in [-0.1, -0.05) is 72.4 Å². The molecule has 2 aromatic carbocycles. The fourth-order valence-electron chi connectivity index (χ4n) is 2.15. The molecule has 1 heterocycles. The summed E-state index contributed by atoms with van der Waals surface area (Å²) in [4.78, 5) is 15.7. The Balaban J connectivity index is 1.80. The van der Waals surface area contributed by atoms with Crippen LogP contribution in [0.2, 0.25) is 0 Å². The van der Waals surface area contributed by atoms with Crippen LogP contribution < -0.4 is 5.56 Å². The van der Waals surface area contributed by atoms with Gasteiger partial charge in [0.25, 0.3) is 5.56 Å². The minimum atomic E-state index is -0.195. The lowest BCUT2D eigenvalue weighted by atomic mass is 10.2.